The molecule has 1 aromatic carbocycles. The van der Waals surface area contributed by atoms with Crippen molar-refractivity contribution in [1.82, 2.24) is 0 Å². The summed E-state index contributed by atoms with van der Waals surface area (Å²) in [6.45, 7) is 2.83. The van der Waals surface area contributed by atoms with Crippen molar-refractivity contribution in [2.24, 2.45) is 0 Å². The molecule has 0 unspecified atom stereocenters. The van der Waals surface area contributed by atoms with Crippen LogP contribution in [0.1, 0.15) is 69.8 Å². The lowest BCUT2D eigenvalue weighted by atomic mass is 10.1. The van der Waals surface area contributed by atoms with Crippen LogP contribution in [0.5, 0.6) is 5.75 Å². The number of methoxy groups -OCH3 is 1. The van der Waals surface area contributed by atoms with Crippen LogP contribution in [-0.2, 0) is 9.53 Å². The average Bonchev–Trinajstić information content (AvgIpc) is 2.55. The van der Waals surface area contributed by atoms with Crippen LogP contribution in [0, 0.1) is 13.0 Å². The molecule has 1 aromatic rings. The standard InChI is InChI=1S/C20H31O3/c1-18-13-12-14-19(17-18)23-16-11-9-7-5-3-4-6-8-10-15-20(21)22-2/h12,14,17H,3-11,15-16H2,1-2H3. The van der Waals surface area contributed by atoms with E-state index in [1.54, 1.807) is 0 Å². The van der Waals surface area contributed by atoms with Crippen LogP contribution in [0.4, 0.5) is 0 Å². The molecule has 129 valence electrons. The van der Waals surface area contributed by atoms with Gasteiger partial charge < -0.3 is 9.47 Å². The zero-order chi connectivity index (χ0) is 16.8. The van der Waals surface area contributed by atoms with Crippen molar-refractivity contribution in [1.29, 1.82) is 0 Å². The molecule has 3 nitrogen and oxygen atoms in total. The van der Waals surface area contributed by atoms with Crippen LogP contribution in [0.3, 0.4) is 0 Å². The van der Waals surface area contributed by atoms with Gasteiger partial charge in [0.25, 0.3) is 0 Å². The van der Waals surface area contributed by atoms with E-state index in [1.807, 2.05) is 25.1 Å². The van der Waals surface area contributed by atoms with Crippen LogP contribution in [0.15, 0.2) is 18.2 Å². The Balaban J connectivity index is 1.82. The van der Waals surface area contributed by atoms with Gasteiger partial charge in [0.15, 0.2) is 0 Å². The summed E-state index contributed by atoms with van der Waals surface area (Å²) in [6, 6.07) is 9.03. The number of ether oxygens (including phenoxy) is 2. The summed E-state index contributed by atoms with van der Waals surface area (Å²) in [5.41, 5.74) is 1.12. The topological polar surface area (TPSA) is 35.5 Å². The first-order chi connectivity index (χ1) is 11.2. The van der Waals surface area contributed by atoms with Gasteiger partial charge in [-0.2, -0.15) is 0 Å². The van der Waals surface area contributed by atoms with Gasteiger partial charge in [0, 0.05) is 6.42 Å². The molecule has 0 aliphatic carbocycles. The fraction of sp³-hybridized carbons (Fsp3) is 0.650. The van der Waals surface area contributed by atoms with Crippen molar-refractivity contribution in [3.8, 4) is 5.75 Å². The van der Waals surface area contributed by atoms with Crippen molar-refractivity contribution < 1.29 is 14.3 Å². The van der Waals surface area contributed by atoms with E-state index < -0.39 is 0 Å². The molecule has 0 saturated heterocycles. The Morgan fingerprint density at radius 2 is 1.61 bits per heavy atom. The molecule has 0 saturated carbocycles. The molecule has 0 aliphatic heterocycles. The Labute approximate surface area is 141 Å². The van der Waals surface area contributed by atoms with E-state index in [9.17, 15) is 4.79 Å². The third-order valence-corrected chi connectivity index (χ3v) is 3.94. The SMILES string of the molecule is COC(=O)CCCCCCCCCCCOc1cc[c]c(C)c1. The summed E-state index contributed by atoms with van der Waals surface area (Å²) in [6.07, 6.45) is 11.4. The summed E-state index contributed by atoms with van der Waals surface area (Å²) in [7, 11) is 1.45. The fourth-order valence-corrected chi connectivity index (χ4v) is 2.55. The van der Waals surface area contributed by atoms with Crippen LogP contribution < -0.4 is 4.74 Å². The van der Waals surface area contributed by atoms with Crippen molar-refractivity contribution in [2.75, 3.05) is 13.7 Å². The molecule has 0 N–H and O–H groups in total. The highest BCUT2D eigenvalue weighted by atomic mass is 16.5. The smallest absolute Gasteiger partial charge is 0.305 e. The minimum absolute atomic E-state index is 0.0870. The summed E-state index contributed by atoms with van der Waals surface area (Å²) >= 11 is 0. The van der Waals surface area contributed by atoms with Gasteiger partial charge in [-0.3, -0.25) is 4.79 Å². The first kappa shape index (κ1) is 19.5. The van der Waals surface area contributed by atoms with E-state index in [2.05, 4.69) is 10.8 Å². The molecule has 1 radical (unpaired) electrons. The number of carbonyl (C=O) groups is 1. The molecular weight excluding hydrogens is 288 g/mol. The van der Waals surface area contributed by atoms with Crippen molar-refractivity contribution in [2.45, 2.75) is 71.1 Å². The van der Waals surface area contributed by atoms with E-state index in [4.69, 9.17) is 4.74 Å². The monoisotopic (exact) mass is 319 g/mol. The van der Waals surface area contributed by atoms with Crippen LogP contribution >= 0.6 is 0 Å². The van der Waals surface area contributed by atoms with Crippen molar-refractivity contribution in [3.05, 3.63) is 29.8 Å². The highest BCUT2D eigenvalue weighted by molar-refractivity contribution is 5.68. The zero-order valence-electron chi connectivity index (χ0n) is 14.7. The van der Waals surface area contributed by atoms with Gasteiger partial charge in [0.05, 0.1) is 13.7 Å². The summed E-state index contributed by atoms with van der Waals surface area (Å²) < 4.78 is 10.4. The molecule has 0 fully saturated rings. The number of esters is 1. The molecule has 23 heavy (non-hydrogen) atoms. The molecule has 0 aromatic heterocycles. The quantitative estimate of drug-likeness (QED) is 0.368. The van der Waals surface area contributed by atoms with Crippen LogP contribution in [0.25, 0.3) is 0 Å². The lowest BCUT2D eigenvalue weighted by molar-refractivity contribution is -0.140. The van der Waals surface area contributed by atoms with Gasteiger partial charge in [-0.25, -0.2) is 0 Å². The second-order valence-corrected chi connectivity index (χ2v) is 6.06. The minimum atomic E-state index is -0.0870. The molecular formula is C20H31O3. The van der Waals surface area contributed by atoms with Gasteiger partial charge >= 0.3 is 5.97 Å². The molecule has 0 atom stereocenters. The molecule has 1 rings (SSSR count). The number of unbranched alkanes of at least 4 members (excludes halogenated alkanes) is 8. The molecule has 0 aliphatic rings. The summed E-state index contributed by atoms with van der Waals surface area (Å²) in [5, 5.41) is 0. The van der Waals surface area contributed by atoms with Gasteiger partial charge in [0.1, 0.15) is 5.75 Å². The van der Waals surface area contributed by atoms with E-state index in [0.29, 0.717) is 6.42 Å². The van der Waals surface area contributed by atoms with Gasteiger partial charge in [-0.05, 0) is 43.5 Å². The third kappa shape index (κ3) is 10.8. The second kappa shape index (κ2) is 13.0. The maximum absolute atomic E-state index is 10.9. The van der Waals surface area contributed by atoms with Crippen molar-refractivity contribution in [3.63, 3.8) is 0 Å². The highest BCUT2D eigenvalue weighted by Crippen LogP contribution is 2.14. The molecule has 3 heteroatoms. The maximum Gasteiger partial charge on any atom is 0.305 e. The van der Waals surface area contributed by atoms with Gasteiger partial charge in [0.2, 0.25) is 0 Å². The number of aryl methyl sites for hydroxylation is 1. The Morgan fingerprint density at radius 3 is 2.22 bits per heavy atom. The van der Waals surface area contributed by atoms with E-state index in [0.717, 1.165) is 37.2 Å². The number of rotatable bonds is 13. The van der Waals surface area contributed by atoms with Crippen LogP contribution in [-0.4, -0.2) is 19.7 Å². The summed E-state index contributed by atoms with van der Waals surface area (Å²) in [4.78, 5) is 10.9. The van der Waals surface area contributed by atoms with E-state index in [1.165, 1.54) is 45.6 Å². The lowest BCUT2D eigenvalue weighted by Crippen LogP contribution is -1.99. The lowest BCUT2D eigenvalue weighted by Gasteiger charge is -2.06. The number of benzene rings is 1. The predicted octanol–water partition coefficient (Wildman–Crippen LogP) is 5.25. The first-order valence-electron chi connectivity index (χ1n) is 8.90. The Morgan fingerprint density at radius 1 is 1.00 bits per heavy atom. The van der Waals surface area contributed by atoms with Crippen molar-refractivity contribution >= 4 is 5.97 Å². The molecule has 0 bridgehead atoms. The fourth-order valence-electron chi connectivity index (χ4n) is 2.55. The largest absolute Gasteiger partial charge is 0.494 e. The van der Waals surface area contributed by atoms with Gasteiger partial charge in [-0.1, -0.05) is 51.0 Å². The number of hydrogen-bond donors (Lipinski definition) is 0. The molecule has 0 amide bonds. The Hall–Kier alpha value is -1.51. The third-order valence-electron chi connectivity index (χ3n) is 3.94. The van der Waals surface area contributed by atoms with E-state index in [-0.39, 0.29) is 5.97 Å². The second-order valence-electron chi connectivity index (χ2n) is 6.06. The highest BCUT2D eigenvalue weighted by Gasteiger charge is 1.99. The van der Waals surface area contributed by atoms with E-state index >= 15 is 0 Å². The summed E-state index contributed by atoms with van der Waals surface area (Å²) in [5.74, 6) is 0.865. The zero-order valence-corrected chi connectivity index (χ0v) is 14.7. The first-order valence-corrected chi connectivity index (χ1v) is 8.90. The van der Waals surface area contributed by atoms with Gasteiger partial charge in [-0.15, -0.1) is 0 Å². The Bertz CT molecular complexity index is 429. The maximum atomic E-state index is 10.9. The Kier molecular flexibility index (Phi) is 11.0. The minimum Gasteiger partial charge on any atom is -0.494 e. The molecule has 0 heterocycles. The van der Waals surface area contributed by atoms with Crippen LogP contribution in [0.2, 0.25) is 0 Å². The molecule has 0 spiro atoms. The predicted molar refractivity (Wildman–Crippen MR) is 93.7 cm³/mol. The number of carbonyl (C=O) groups excluding carboxylic acids is 1. The normalized spacial score (nSPS) is 10.5. The number of hydrogen-bond acceptors (Lipinski definition) is 3. The average molecular weight is 319 g/mol.